The molecule has 6 atom stereocenters. The zero-order valence-corrected chi connectivity index (χ0v) is 25.3. The molecule has 1 saturated heterocycles. The van der Waals surface area contributed by atoms with E-state index in [0.29, 0.717) is 23.4 Å². The lowest BCUT2D eigenvalue weighted by atomic mass is 10.1. The van der Waals surface area contributed by atoms with Crippen molar-refractivity contribution in [3.05, 3.63) is 12.2 Å². The molecule has 0 saturated carbocycles. The molecule has 3 heterocycles. The summed E-state index contributed by atoms with van der Waals surface area (Å²) in [6.45, 7) is -0.845. The number of aliphatic hydroxyl groups excluding tert-OH is 1. The average Bonchev–Trinajstić information content (AvgIpc) is 3.34. The number of nitrogen functional groups attached to an aromatic ring is 1. The molecule has 1 aliphatic rings. The number of phosphoric acid groups is 3. The number of fused-ring (bicyclic) bond motifs is 1. The highest BCUT2D eigenvalue weighted by atomic mass is 79.9. The number of nitrogens with zero attached hydrogens (tertiary/aromatic N) is 4. The summed E-state index contributed by atoms with van der Waals surface area (Å²) in [6.07, 6.45) is 3.46. The van der Waals surface area contributed by atoms with E-state index in [0.717, 1.165) is 37.4 Å². The van der Waals surface area contributed by atoms with E-state index >= 15 is 0 Å². The van der Waals surface area contributed by atoms with E-state index in [4.69, 9.17) is 20.3 Å². The van der Waals surface area contributed by atoms with Gasteiger partial charge in [0.15, 0.2) is 17.7 Å². The van der Waals surface area contributed by atoms with Crippen LogP contribution in [-0.2, 0) is 38.0 Å². The Morgan fingerprint density at radius 2 is 1.72 bits per heavy atom. The fraction of sp³-hybridized carbons (Fsp3) is 0.706. The van der Waals surface area contributed by atoms with Gasteiger partial charge >= 0.3 is 23.5 Å². The molecule has 2 aromatic heterocycles. The van der Waals surface area contributed by atoms with Crippen molar-refractivity contribution < 1.29 is 56.3 Å². The Hall–Kier alpha value is -0.490. The molecule has 17 nitrogen and oxygen atoms in total. The molecular formula is C17H29BrN5O12P3S. The first-order valence-electron chi connectivity index (χ1n) is 11.5. The highest BCUT2D eigenvalue weighted by Gasteiger charge is 2.46. The van der Waals surface area contributed by atoms with E-state index < -0.39 is 53.8 Å². The normalized spacial score (nSPS) is 25.1. The summed E-state index contributed by atoms with van der Waals surface area (Å²) < 4.78 is 53.4. The molecule has 1 fully saturated rings. The zero-order chi connectivity index (χ0) is 29.0. The number of hydrogen-bond acceptors (Lipinski definition) is 13. The van der Waals surface area contributed by atoms with Crippen molar-refractivity contribution in [1.29, 1.82) is 0 Å². The second-order valence-electron chi connectivity index (χ2n) is 8.49. The van der Waals surface area contributed by atoms with Crippen molar-refractivity contribution in [3.63, 3.8) is 0 Å². The molecule has 22 heteroatoms. The number of aromatic nitrogens is 4. The second kappa shape index (κ2) is 13.7. The quantitative estimate of drug-likeness (QED) is 0.0608. The number of rotatable bonds is 15. The number of alkyl halides is 1. The van der Waals surface area contributed by atoms with Crippen LogP contribution in [0.2, 0.25) is 0 Å². The number of thiol groups is 1. The Balaban J connectivity index is 1.68. The van der Waals surface area contributed by atoms with E-state index in [1.54, 1.807) is 0 Å². The summed E-state index contributed by atoms with van der Waals surface area (Å²) in [5.41, 5.74) is 6.69. The van der Waals surface area contributed by atoms with Gasteiger partial charge in [-0.1, -0.05) is 35.2 Å². The Bertz CT molecular complexity index is 1280. The molecule has 7 N–H and O–H groups in total. The molecule has 0 spiro atoms. The minimum atomic E-state index is -5.69. The monoisotopic (exact) mass is 699 g/mol. The summed E-state index contributed by atoms with van der Waals surface area (Å²) in [5.74, 6) is 0.659. The van der Waals surface area contributed by atoms with Crippen molar-refractivity contribution in [3.8, 4) is 0 Å². The Labute approximate surface area is 236 Å². The van der Waals surface area contributed by atoms with Gasteiger partial charge in [0.2, 0.25) is 0 Å². The lowest BCUT2D eigenvalue weighted by molar-refractivity contribution is -0.0421. The highest BCUT2D eigenvalue weighted by molar-refractivity contribution is 9.09. The third kappa shape index (κ3) is 9.51. The number of hydrogen-bond donors (Lipinski definition) is 7. The van der Waals surface area contributed by atoms with E-state index in [1.807, 2.05) is 0 Å². The van der Waals surface area contributed by atoms with Crippen LogP contribution in [-0.4, -0.2) is 73.6 Å². The zero-order valence-electron chi connectivity index (χ0n) is 20.2. The summed E-state index contributed by atoms with van der Waals surface area (Å²) in [4.78, 5) is 49.2. The number of anilines is 1. The topological polar surface area (TPSA) is 259 Å². The number of aliphatic hydroxyl groups is 1. The minimum absolute atomic E-state index is 0.159. The maximum absolute atomic E-state index is 12.0. The minimum Gasteiger partial charge on any atom is -0.389 e. The number of aryl methyl sites for hydroxylation is 1. The van der Waals surface area contributed by atoms with Gasteiger partial charge in [-0.15, -0.1) is 0 Å². The van der Waals surface area contributed by atoms with E-state index in [1.165, 1.54) is 10.9 Å². The predicted molar refractivity (Wildman–Crippen MR) is 143 cm³/mol. The molecule has 3 rings (SSSR count). The predicted octanol–water partition coefficient (Wildman–Crippen LogP) is 2.20. The van der Waals surface area contributed by atoms with Crippen LogP contribution in [0.1, 0.15) is 44.2 Å². The summed E-state index contributed by atoms with van der Waals surface area (Å²) in [7, 11) is -16.6. The van der Waals surface area contributed by atoms with E-state index in [2.05, 4.69) is 56.7 Å². The molecule has 1 aliphatic heterocycles. The first-order valence-corrected chi connectivity index (χ1v) is 17.6. The molecule has 2 aromatic rings. The van der Waals surface area contributed by atoms with E-state index in [9.17, 15) is 28.6 Å². The van der Waals surface area contributed by atoms with Crippen LogP contribution in [0.15, 0.2) is 6.33 Å². The van der Waals surface area contributed by atoms with Gasteiger partial charge in [0, 0.05) is 11.8 Å². The Morgan fingerprint density at radius 3 is 2.38 bits per heavy atom. The van der Waals surface area contributed by atoms with Crippen LogP contribution < -0.4 is 5.73 Å². The van der Waals surface area contributed by atoms with Gasteiger partial charge in [0.05, 0.1) is 24.3 Å². The number of imidazole rings is 1. The molecule has 39 heavy (non-hydrogen) atoms. The molecule has 222 valence electrons. The van der Waals surface area contributed by atoms with Gasteiger partial charge in [0.25, 0.3) is 0 Å². The van der Waals surface area contributed by atoms with Crippen molar-refractivity contribution in [2.45, 2.75) is 62.2 Å². The molecule has 0 radical (unpaired) electrons. The number of halogens is 1. The molecule has 0 bridgehead atoms. The summed E-state index contributed by atoms with van der Waals surface area (Å²) in [5, 5.41) is 10.6. The van der Waals surface area contributed by atoms with Gasteiger partial charge in [0.1, 0.15) is 17.4 Å². The number of unbranched alkanes of at least 4 members (excludes halogenated alkanes) is 4. The maximum Gasteiger partial charge on any atom is 0.490 e. The fourth-order valence-corrected chi connectivity index (χ4v) is 7.59. The van der Waals surface area contributed by atoms with E-state index in [-0.39, 0.29) is 5.82 Å². The smallest absolute Gasteiger partial charge is 0.389 e. The van der Waals surface area contributed by atoms with Crippen molar-refractivity contribution in [2.75, 3.05) is 17.7 Å². The van der Waals surface area contributed by atoms with Crippen molar-refractivity contribution in [1.82, 2.24) is 19.5 Å². The van der Waals surface area contributed by atoms with Gasteiger partial charge in [-0.05, 0) is 12.8 Å². The third-order valence-corrected chi connectivity index (χ3v) is 10.4. The lowest BCUT2D eigenvalue weighted by Crippen LogP contribution is -2.30. The van der Waals surface area contributed by atoms with Crippen LogP contribution in [0.3, 0.4) is 0 Å². The van der Waals surface area contributed by atoms with Crippen molar-refractivity contribution in [2.24, 2.45) is 0 Å². The number of phosphoric ester groups is 1. The highest BCUT2D eigenvalue weighted by Crippen LogP contribution is 2.66. The fourth-order valence-electron chi connectivity index (χ4n) is 3.76. The van der Waals surface area contributed by atoms with Crippen LogP contribution in [0.5, 0.6) is 0 Å². The first-order chi connectivity index (χ1) is 18.1. The van der Waals surface area contributed by atoms with Gasteiger partial charge < -0.3 is 35.2 Å². The third-order valence-electron chi connectivity index (χ3n) is 5.46. The molecule has 0 aromatic carbocycles. The Morgan fingerprint density at radius 1 is 1.05 bits per heavy atom. The number of nitrogens with two attached hydrogens (primary N) is 1. The lowest BCUT2D eigenvalue weighted by Gasteiger charge is -2.19. The molecule has 0 aliphatic carbocycles. The average molecular weight is 700 g/mol. The van der Waals surface area contributed by atoms with Gasteiger partial charge in [-0.3, -0.25) is 9.09 Å². The summed E-state index contributed by atoms with van der Waals surface area (Å²) in [6, 6.07) is 0. The molecular weight excluding hydrogens is 671 g/mol. The van der Waals surface area contributed by atoms with Crippen LogP contribution in [0.25, 0.3) is 11.2 Å². The van der Waals surface area contributed by atoms with Crippen LogP contribution in [0, 0.1) is 0 Å². The molecule has 2 unspecified atom stereocenters. The van der Waals surface area contributed by atoms with Gasteiger partial charge in [-0.25, -0.2) is 28.6 Å². The maximum atomic E-state index is 12.0. The van der Waals surface area contributed by atoms with Crippen LogP contribution >= 0.6 is 52.0 Å². The second-order valence-corrected chi connectivity index (χ2v) is 14.3. The SMILES string of the molecule is Nc1nc(CCCCCCCBr)nc2c1ncn2[C@@H]1O[C@H](COP(=O)(O)OP(=O)(O)OP(=O)(O)O)[C@@H](O)[C@H]1S. The summed E-state index contributed by atoms with van der Waals surface area (Å²) >= 11 is 7.78. The number of ether oxygens (including phenoxy) is 1. The van der Waals surface area contributed by atoms with Crippen LogP contribution in [0.4, 0.5) is 5.82 Å². The largest absolute Gasteiger partial charge is 0.490 e. The van der Waals surface area contributed by atoms with Gasteiger partial charge in [-0.2, -0.15) is 21.3 Å². The molecule has 0 amide bonds. The first kappa shape index (κ1) is 33.0. The standard InChI is InChI=1S/C17H29BrN5O12P3S/c18-7-5-3-1-2-4-6-11-21-15(19)12-16(22-11)23(9-20-12)17-14(39)13(24)10(33-17)8-32-37(28,29)35-38(30,31)34-36(25,26)27/h9-10,13-14,17,24,39H,1-8H2,(H,28,29)(H,30,31)(H2,19,21,22)(H2,25,26,27)/t10-,13-,14-,17-/m1/s1. The Kier molecular flexibility index (Phi) is 11.6. The van der Waals surface area contributed by atoms with Crippen molar-refractivity contribution >= 4 is 69.0 Å².